The molecule has 9 unspecified atom stereocenters. The van der Waals surface area contributed by atoms with Crippen molar-refractivity contribution in [2.24, 2.45) is 23.7 Å². The molecule has 0 saturated carbocycles. The van der Waals surface area contributed by atoms with E-state index in [1.807, 2.05) is 0 Å². The molecule has 2 saturated heterocycles. The predicted molar refractivity (Wildman–Crippen MR) is 203 cm³/mol. The van der Waals surface area contributed by atoms with E-state index in [2.05, 4.69) is 154 Å². The quantitative estimate of drug-likeness (QED) is 0.241. The molecule has 10 rings (SSSR count). The topological polar surface area (TPSA) is 50.2 Å². The van der Waals surface area contributed by atoms with E-state index in [9.17, 15) is 0 Å². The molecule has 9 atom stereocenters. The molecule has 252 valence electrons. The molecule has 3 aromatic rings. The van der Waals surface area contributed by atoms with Crippen LogP contribution in [0.1, 0.15) is 55.1 Å². The Bertz CT molecular complexity index is 2050. The third-order valence-corrected chi connectivity index (χ3v) is 12.2. The summed E-state index contributed by atoms with van der Waals surface area (Å²) in [6.07, 6.45) is 39.7. The van der Waals surface area contributed by atoms with E-state index in [0.29, 0.717) is 23.7 Å². The molecule has 50 heavy (non-hydrogen) atoms. The van der Waals surface area contributed by atoms with Crippen LogP contribution in [-0.2, 0) is 11.2 Å². The van der Waals surface area contributed by atoms with E-state index >= 15 is 0 Å². The summed E-state index contributed by atoms with van der Waals surface area (Å²) in [4.78, 5) is 0. The van der Waals surface area contributed by atoms with Gasteiger partial charge >= 0.3 is 0 Å². The summed E-state index contributed by atoms with van der Waals surface area (Å²) in [6, 6.07) is 17.9. The van der Waals surface area contributed by atoms with E-state index in [1.165, 1.54) is 57.4 Å². The third-order valence-electron chi connectivity index (χ3n) is 12.2. The first kappa shape index (κ1) is 30.6. The van der Waals surface area contributed by atoms with Crippen LogP contribution in [-0.4, -0.2) is 29.1 Å². The number of benzene rings is 2. The minimum Gasteiger partial charge on any atom is -0.366 e. The summed E-state index contributed by atoms with van der Waals surface area (Å²) in [6.45, 7) is 0. The second-order valence-electron chi connectivity index (χ2n) is 15.0. The van der Waals surface area contributed by atoms with Crippen LogP contribution in [0.25, 0.3) is 22.7 Å². The van der Waals surface area contributed by atoms with E-state index in [0.717, 1.165) is 25.7 Å². The molecule has 5 aliphatic carbocycles. The predicted octanol–water partition coefficient (Wildman–Crippen LogP) is 8.50. The first-order chi connectivity index (χ1) is 24.8. The molecule has 0 amide bonds. The molecule has 0 spiro atoms. The summed E-state index contributed by atoms with van der Waals surface area (Å²) in [5.41, 5.74) is 9.44. The average molecular weight is 659 g/mol. The van der Waals surface area contributed by atoms with Gasteiger partial charge in [-0.15, -0.1) is 0 Å². The van der Waals surface area contributed by atoms with E-state index in [1.54, 1.807) is 0 Å². The molecule has 5 heteroatoms. The lowest BCUT2D eigenvalue weighted by molar-refractivity contribution is 0.0822. The molecule has 3 heterocycles. The van der Waals surface area contributed by atoms with Gasteiger partial charge in [-0.05, 0) is 67.7 Å². The zero-order valence-electron chi connectivity index (χ0n) is 28.5. The van der Waals surface area contributed by atoms with Gasteiger partial charge in [0.1, 0.15) is 0 Å². The van der Waals surface area contributed by atoms with Gasteiger partial charge in [0.25, 0.3) is 0 Å². The van der Waals surface area contributed by atoms with Gasteiger partial charge in [0.2, 0.25) is 0 Å². The Labute approximate surface area is 295 Å². The third kappa shape index (κ3) is 5.30. The maximum Gasteiger partial charge on any atom is 0.0882 e. The highest BCUT2D eigenvalue weighted by Crippen LogP contribution is 2.44. The Balaban J connectivity index is 0.978. The molecule has 2 aliphatic heterocycles. The monoisotopic (exact) mass is 658 g/mol. The minimum atomic E-state index is -0.0376. The first-order valence-corrected chi connectivity index (χ1v) is 18.9. The van der Waals surface area contributed by atoms with Crippen molar-refractivity contribution in [1.29, 1.82) is 0 Å². The number of fused-ring (bicyclic) bond motifs is 6. The van der Waals surface area contributed by atoms with E-state index in [4.69, 9.17) is 4.74 Å². The molecule has 2 fully saturated rings. The standard InChI is InChI=1S/C45H46N4O/c1-2-13-29(14-3-1)43-46-44(32-16-12-15-30(27-32)31-25-26-42-37(28-31)35-19-7-11-24-41(35)50-42)48-45(47-43)36-20-6-10-23-40(36)49-38-21-8-4-17-33(38)34-18-5-9-22-39(34)49/h1-6,8,10-13,15-18,20-21,23-26,28-30,35,37,41-48H,7,9,14,19,22,27H2. The van der Waals surface area contributed by atoms with Crippen molar-refractivity contribution in [1.82, 2.24) is 20.5 Å². The Morgan fingerprint density at radius 2 is 1.68 bits per heavy atom. The molecular weight excluding hydrogens is 613 g/mol. The number of nitrogens with zero attached hydrogens (tertiary/aromatic N) is 1. The van der Waals surface area contributed by atoms with Gasteiger partial charge in [-0.2, -0.15) is 0 Å². The van der Waals surface area contributed by atoms with Crippen molar-refractivity contribution in [3.63, 3.8) is 0 Å². The van der Waals surface area contributed by atoms with Crippen molar-refractivity contribution in [2.75, 3.05) is 0 Å². The molecule has 2 aromatic carbocycles. The van der Waals surface area contributed by atoms with Crippen molar-refractivity contribution < 1.29 is 4.74 Å². The number of ether oxygens (including phenoxy) is 1. The van der Waals surface area contributed by atoms with Crippen LogP contribution in [0.4, 0.5) is 0 Å². The molecule has 0 bridgehead atoms. The summed E-state index contributed by atoms with van der Waals surface area (Å²) in [5, 5.41) is 13.5. The summed E-state index contributed by atoms with van der Waals surface area (Å²) in [7, 11) is 0. The van der Waals surface area contributed by atoms with Gasteiger partial charge in [-0.1, -0.05) is 121 Å². The smallest absolute Gasteiger partial charge is 0.0882 e. The normalized spacial score (nSPS) is 34.0. The Morgan fingerprint density at radius 3 is 2.64 bits per heavy atom. The van der Waals surface area contributed by atoms with Crippen LogP contribution in [0.2, 0.25) is 0 Å². The maximum absolute atomic E-state index is 6.45. The second-order valence-corrected chi connectivity index (χ2v) is 15.0. The highest BCUT2D eigenvalue weighted by molar-refractivity contribution is 5.93. The van der Waals surface area contributed by atoms with Crippen molar-refractivity contribution in [3.8, 4) is 5.69 Å². The SMILES string of the molecule is C1=CCC(C2NC(C3=CC=CC(C4=CC5C(C=C4)OC4C=CCCC45)C3)NC(c3ccccc3-n3c4c(c5ccccc53)C=CCC4)N2)C=C1. The van der Waals surface area contributed by atoms with Gasteiger partial charge in [-0.3, -0.25) is 16.0 Å². The largest absolute Gasteiger partial charge is 0.366 e. The lowest BCUT2D eigenvalue weighted by Crippen LogP contribution is -2.66. The van der Waals surface area contributed by atoms with Crippen molar-refractivity contribution >= 4 is 17.0 Å². The number of allylic oxidation sites excluding steroid dienone is 10. The summed E-state index contributed by atoms with van der Waals surface area (Å²) < 4.78 is 8.98. The molecule has 3 N–H and O–H groups in total. The summed E-state index contributed by atoms with van der Waals surface area (Å²) >= 11 is 0. The van der Waals surface area contributed by atoms with Crippen molar-refractivity contribution in [3.05, 3.63) is 155 Å². The van der Waals surface area contributed by atoms with Crippen LogP contribution in [0.5, 0.6) is 0 Å². The van der Waals surface area contributed by atoms with Crippen molar-refractivity contribution in [2.45, 2.75) is 69.2 Å². The molecule has 5 nitrogen and oxygen atoms in total. The fourth-order valence-electron chi connectivity index (χ4n) is 9.71. The van der Waals surface area contributed by atoms with Gasteiger partial charge < -0.3 is 9.30 Å². The molecule has 7 aliphatic rings. The lowest BCUT2D eigenvalue weighted by Gasteiger charge is -2.44. The summed E-state index contributed by atoms with van der Waals surface area (Å²) in [5.74, 6) is 1.79. The highest BCUT2D eigenvalue weighted by Gasteiger charge is 2.43. The number of hydrogen-bond donors (Lipinski definition) is 3. The fourth-order valence-corrected chi connectivity index (χ4v) is 9.71. The number of rotatable bonds is 5. The Kier molecular flexibility index (Phi) is 7.83. The minimum absolute atomic E-state index is 0.0351. The number of hydrogen-bond acceptors (Lipinski definition) is 4. The molecule has 0 radical (unpaired) electrons. The van der Waals surface area contributed by atoms with Crippen LogP contribution in [0.3, 0.4) is 0 Å². The Morgan fingerprint density at radius 1 is 0.760 bits per heavy atom. The number of nitrogens with one attached hydrogen (secondary N) is 3. The number of para-hydroxylation sites is 2. The lowest BCUT2D eigenvalue weighted by atomic mass is 9.75. The fraction of sp³-hybridized carbons (Fsp3) is 0.333. The highest BCUT2D eigenvalue weighted by atomic mass is 16.5. The molecule has 1 aromatic heterocycles. The van der Waals surface area contributed by atoms with Crippen LogP contribution < -0.4 is 16.0 Å². The number of aromatic nitrogens is 1. The maximum atomic E-state index is 6.45. The second kappa shape index (κ2) is 12.8. The molecular formula is C45H46N4O. The van der Waals surface area contributed by atoms with Gasteiger partial charge in [0.15, 0.2) is 0 Å². The van der Waals surface area contributed by atoms with Gasteiger partial charge in [0, 0.05) is 40.0 Å². The van der Waals surface area contributed by atoms with Crippen LogP contribution >= 0.6 is 0 Å². The first-order valence-electron chi connectivity index (χ1n) is 18.9. The van der Waals surface area contributed by atoms with E-state index in [-0.39, 0.29) is 30.7 Å². The zero-order chi connectivity index (χ0) is 33.0. The average Bonchev–Trinajstić information content (AvgIpc) is 3.73. The Hall–Kier alpha value is -4.26. The van der Waals surface area contributed by atoms with Gasteiger partial charge in [0.05, 0.1) is 41.9 Å². The van der Waals surface area contributed by atoms with Gasteiger partial charge in [-0.25, -0.2) is 0 Å². The zero-order valence-corrected chi connectivity index (χ0v) is 28.5. The van der Waals surface area contributed by atoms with Crippen LogP contribution in [0, 0.1) is 23.7 Å². The van der Waals surface area contributed by atoms with E-state index < -0.39 is 0 Å². The van der Waals surface area contributed by atoms with Crippen LogP contribution in [0.15, 0.2) is 139 Å².